The van der Waals surface area contributed by atoms with Crippen LogP contribution in [-0.2, 0) is 13.0 Å². The molecular weight excluding hydrogens is 342 g/mol. The number of fused-ring (bicyclic) bond motifs is 1. The average Bonchev–Trinajstić information content (AvgIpc) is 3.24. The molecule has 2 aromatic heterocycles. The molecule has 4 rings (SSSR count). The number of rotatable bonds is 5. The highest BCUT2D eigenvalue weighted by atomic mass is 32.1. The van der Waals surface area contributed by atoms with Crippen molar-refractivity contribution in [2.45, 2.75) is 31.8 Å². The van der Waals surface area contributed by atoms with E-state index in [1.807, 2.05) is 6.07 Å². The summed E-state index contributed by atoms with van der Waals surface area (Å²) in [6.07, 6.45) is 2.98. The first-order valence-corrected chi connectivity index (χ1v) is 10.2. The van der Waals surface area contributed by atoms with Crippen LogP contribution in [0.25, 0.3) is 10.2 Å². The van der Waals surface area contributed by atoms with Crippen LogP contribution >= 0.6 is 11.3 Å². The molecule has 1 aliphatic heterocycles. The Hall–Kier alpha value is -2.11. The number of carbonyl (C=O) groups is 1. The number of nitrogens with zero attached hydrogens (tertiary/aromatic N) is 2. The second-order valence-corrected chi connectivity index (χ2v) is 8.09. The summed E-state index contributed by atoms with van der Waals surface area (Å²) in [4.78, 5) is 15.3. The van der Waals surface area contributed by atoms with Gasteiger partial charge in [0.15, 0.2) is 0 Å². The van der Waals surface area contributed by atoms with E-state index >= 15 is 0 Å². The Balaban J connectivity index is 1.52. The lowest BCUT2D eigenvalue weighted by Gasteiger charge is -2.29. The summed E-state index contributed by atoms with van der Waals surface area (Å²) in [6, 6.07) is 14.9. The lowest BCUT2D eigenvalue weighted by molar-refractivity contribution is 0.0908. The van der Waals surface area contributed by atoms with E-state index in [0.29, 0.717) is 0 Å². The third-order valence-electron chi connectivity index (χ3n) is 5.28. The van der Waals surface area contributed by atoms with Crippen molar-refractivity contribution >= 4 is 27.5 Å². The molecule has 1 aromatic carbocycles. The van der Waals surface area contributed by atoms with Gasteiger partial charge in [-0.3, -0.25) is 4.79 Å². The molecule has 0 saturated carbocycles. The second-order valence-electron chi connectivity index (χ2n) is 7.14. The number of amides is 1. The molecule has 0 aliphatic carbocycles. The summed E-state index contributed by atoms with van der Waals surface area (Å²) in [5, 5.41) is 5.36. The Bertz CT molecular complexity index is 875. The smallest absolute Gasteiger partial charge is 0.268 e. The summed E-state index contributed by atoms with van der Waals surface area (Å²) in [5.74, 6) is 0.0658. The molecule has 0 unspecified atom stereocenters. The molecule has 0 spiro atoms. The third kappa shape index (κ3) is 3.69. The SMILES string of the molecule is CN1CCC(NC(=O)c2cc3sccc3n2CCc2ccccc2)CC1. The summed E-state index contributed by atoms with van der Waals surface area (Å²) < 4.78 is 3.37. The van der Waals surface area contributed by atoms with Crippen LogP contribution in [0.3, 0.4) is 0 Å². The maximum atomic E-state index is 13.0. The van der Waals surface area contributed by atoms with Gasteiger partial charge in [-0.1, -0.05) is 30.3 Å². The van der Waals surface area contributed by atoms with Crippen molar-refractivity contribution in [3.8, 4) is 0 Å². The molecule has 0 atom stereocenters. The van der Waals surface area contributed by atoms with E-state index in [-0.39, 0.29) is 11.9 Å². The van der Waals surface area contributed by atoms with E-state index in [2.05, 4.69) is 63.6 Å². The molecule has 5 heteroatoms. The maximum absolute atomic E-state index is 13.0. The first-order chi connectivity index (χ1) is 12.7. The minimum absolute atomic E-state index is 0.0658. The molecule has 1 N–H and O–H groups in total. The minimum atomic E-state index is 0.0658. The number of aromatic nitrogens is 1. The summed E-state index contributed by atoms with van der Waals surface area (Å²) in [7, 11) is 2.14. The predicted molar refractivity (Wildman–Crippen MR) is 108 cm³/mol. The molecule has 1 fully saturated rings. The molecule has 0 bridgehead atoms. The molecular formula is C21H25N3OS. The van der Waals surface area contributed by atoms with Gasteiger partial charge in [0.1, 0.15) is 5.69 Å². The van der Waals surface area contributed by atoms with Gasteiger partial charge in [0.2, 0.25) is 0 Å². The lowest BCUT2D eigenvalue weighted by Crippen LogP contribution is -2.43. The van der Waals surface area contributed by atoms with Gasteiger partial charge in [-0.2, -0.15) is 0 Å². The standard InChI is InChI=1S/C21H25N3OS/c1-23-11-8-17(9-12-23)22-21(25)19-15-20-18(10-14-26-20)24(19)13-7-16-5-3-2-4-6-16/h2-6,10,14-15,17H,7-9,11-13H2,1H3,(H,22,25). The first kappa shape index (κ1) is 17.3. The van der Waals surface area contributed by atoms with Crippen molar-refractivity contribution in [3.05, 3.63) is 59.1 Å². The van der Waals surface area contributed by atoms with Gasteiger partial charge in [0.05, 0.1) is 10.2 Å². The maximum Gasteiger partial charge on any atom is 0.268 e. The molecule has 1 aliphatic rings. The number of piperidine rings is 1. The minimum Gasteiger partial charge on any atom is -0.348 e. The molecule has 136 valence electrons. The zero-order chi connectivity index (χ0) is 17.9. The molecule has 1 amide bonds. The Kier molecular flexibility index (Phi) is 5.09. The van der Waals surface area contributed by atoms with Crippen molar-refractivity contribution < 1.29 is 4.79 Å². The van der Waals surface area contributed by atoms with Gasteiger partial charge in [0.25, 0.3) is 5.91 Å². The highest BCUT2D eigenvalue weighted by molar-refractivity contribution is 7.17. The lowest BCUT2D eigenvalue weighted by atomic mass is 10.1. The second kappa shape index (κ2) is 7.64. The predicted octanol–water partition coefficient (Wildman–Crippen LogP) is 3.77. The van der Waals surface area contributed by atoms with Gasteiger partial charge in [0, 0.05) is 12.6 Å². The number of carbonyl (C=O) groups excluding carboxylic acids is 1. The fourth-order valence-electron chi connectivity index (χ4n) is 3.70. The third-order valence-corrected chi connectivity index (χ3v) is 6.13. The van der Waals surface area contributed by atoms with Crippen LogP contribution in [0.1, 0.15) is 28.9 Å². The van der Waals surface area contributed by atoms with Crippen molar-refractivity contribution in [2.75, 3.05) is 20.1 Å². The van der Waals surface area contributed by atoms with Crippen LogP contribution in [0.2, 0.25) is 0 Å². The Morgan fingerprint density at radius 3 is 2.73 bits per heavy atom. The number of likely N-dealkylation sites (tertiary alicyclic amines) is 1. The topological polar surface area (TPSA) is 37.3 Å². The van der Waals surface area contributed by atoms with E-state index in [1.54, 1.807) is 11.3 Å². The van der Waals surface area contributed by atoms with Crippen LogP contribution in [0.4, 0.5) is 0 Å². The van der Waals surface area contributed by atoms with Gasteiger partial charge in [-0.05, 0) is 62.5 Å². The molecule has 3 aromatic rings. The highest BCUT2D eigenvalue weighted by Crippen LogP contribution is 2.26. The number of aryl methyl sites for hydroxylation is 2. The van der Waals surface area contributed by atoms with Crippen LogP contribution in [0.15, 0.2) is 47.8 Å². The number of benzene rings is 1. The Morgan fingerprint density at radius 1 is 1.19 bits per heavy atom. The fraction of sp³-hybridized carbons (Fsp3) is 0.381. The zero-order valence-corrected chi connectivity index (χ0v) is 16.0. The Morgan fingerprint density at radius 2 is 1.96 bits per heavy atom. The van der Waals surface area contributed by atoms with E-state index in [0.717, 1.165) is 44.6 Å². The van der Waals surface area contributed by atoms with Crippen molar-refractivity contribution in [3.63, 3.8) is 0 Å². The number of hydrogen-bond donors (Lipinski definition) is 1. The fourth-order valence-corrected chi connectivity index (χ4v) is 4.53. The Labute approximate surface area is 158 Å². The van der Waals surface area contributed by atoms with Crippen LogP contribution in [0.5, 0.6) is 0 Å². The highest BCUT2D eigenvalue weighted by Gasteiger charge is 2.22. The van der Waals surface area contributed by atoms with Crippen LogP contribution < -0.4 is 5.32 Å². The molecule has 4 nitrogen and oxygen atoms in total. The monoisotopic (exact) mass is 367 g/mol. The van der Waals surface area contributed by atoms with Gasteiger partial charge in [-0.15, -0.1) is 11.3 Å². The number of hydrogen-bond acceptors (Lipinski definition) is 3. The van der Waals surface area contributed by atoms with Gasteiger partial charge < -0.3 is 14.8 Å². The zero-order valence-electron chi connectivity index (χ0n) is 15.1. The van der Waals surface area contributed by atoms with Gasteiger partial charge in [-0.25, -0.2) is 0 Å². The van der Waals surface area contributed by atoms with Gasteiger partial charge >= 0.3 is 0 Å². The van der Waals surface area contributed by atoms with Crippen molar-refractivity contribution in [1.82, 2.24) is 14.8 Å². The summed E-state index contributed by atoms with van der Waals surface area (Å²) >= 11 is 1.70. The van der Waals surface area contributed by atoms with E-state index in [4.69, 9.17) is 0 Å². The van der Waals surface area contributed by atoms with E-state index in [9.17, 15) is 4.79 Å². The number of thiophene rings is 1. The van der Waals surface area contributed by atoms with Crippen LogP contribution in [0, 0.1) is 0 Å². The molecule has 0 radical (unpaired) electrons. The van der Waals surface area contributed by atoms with Crippen molar-refractivity contribution in [2.24, 2.45) is 0 Å². The quantitative estimate of drug-likeness (QED) is 0.745. The first-order valence-electron chi connectivity index (χ1n) is 9.31. The average molecular weight is 368 g/mol. The summed E-state index contributed by atoms with van der Waals surface area (Å²) in [5.41, 5.74) is 3.26. The van der Waals surface area contributed by atoms with E-state index < -0.39 is 0 Å². The summed E-state index contributed by atoms with van der Waals surface area (Å²) in [6.45, 7) is 2.92. The number of nitrogens with one attached hydrogen (secondary N) is 1. The van der Waals surface area contributed by atoms with Crippen LogP contribution in [-0.4, -0.2) is 41.6 Å². The largest absolute Gasteiger partial charge is 0.348 e. The molecule has 26 heavy (non-hydrogen) atoms. The van der Waals surface area contributed by atoms with E-state index in [1.165, 1.54) is 15.8 Å². The molecule has 1 saturated heterocycles. The molecule has 3 heterocycles. The normalized spacial score (nSPS) is 16.2. The van der Waals surface area contributed by atoms with Crippen molar-refractivity contribution in [1.29, 1.82) is 0 Å².